The Labute approximate surface area is 87.8 Å². The highest BCUT2D eigenvalue weighted by atomic mass is 16.3. The van der Waals surface area contributed by atoms with Gasteiger partial charge in [-0.2, -0.15) is 0 Å². The Hall–Kier alpha value is -1.71. The average molecular weight is 207 g/mol. The van der Waals surface area contributed by atoms with Gasteiger partial charge in [0.15, 0.2) is 0 Å². The number of hydrogen-bond donors (Lipinski definition) is 2. The van der Waals surface area contributed by atoms with Crippen LogP contribution in [0.1, 0.15) is 23.2 Å². The van der Waals surface area contributed by atoms with Crippen molar-refractivity contribution >= 4 is 5.91 Å². The second-order valence-electron chi connectivity index (χ2n) is 3.74. The molecule has 1 fully saturated rings. The molecule has 1 heterocycles. The predicted molar refractivity (Wildman–Crippen MR) is 54.9 cm³/mol. The van der Waals surface area contributed by atoms with Crippen LogP contribution >= 0.6 is 0 Å². The normalized spacial score (nSPS) is 15.6. The van der Waals surface area contributed by atoms with Crippen molar-refractivity contribution in [3.63, 3.8) is 0 Å². The van der Waals surface area contributed by atoms with Crippen molar-refractivity contribution < 1.29 is 15.0 Å². The zero-order valence-corrected chi connectivity index (χ0v) is 8.31. The van der Waals surface area contributed by atoms with Crippen LogP contribution in [0.25, 0.3) is 0 Å². The molecule has 80 valence electrons. The zero-order valence-electron chi connectivity index (χ0n) is 8.31. The van der Waals surface area contributed by atoms with Crippen LogP contribution in [0.2, 0.25) is 0 Å². The predicted octanol–water partition coefficient (Wildman–Crippen LogP) is 1.33. The molecule has 1 aromatic rings. The summed E-state index contributed by atoms with van der Waals surface area (Å²) < 4.78 is 0. The molecule has 0 radical (unpaired) electrons. The van der Waals surface area contributed by atoms with E-state index in [1.807, 2.05) is 0 Å². The van der Waals surface area contributed by atoms with Crippen LogP contribution in [-0.2, 0) is 0 Å². The zero-order chi connectivity index (χ0) is 10.8. The number of aromatic hydroxyl groups is 2. The molecule has 2 rings (SSSR count). The average Bonchev–Trinajstić information content (AvgIpc) is 2.67. The van der Waals surface area contributed by atoms with E-state index in [0.29, 0.717) is 5.56 Å². The van der Waals surface area contributed by atoms with E-state index < -0.39 is 0 Å². The van der Waals surface area contributed by atoms with Crippen molar-refractivity contribution in [2.45, 2.75) is 12.8 Å². The highest BCUT2D eigenvalue weighted by Crippen LogP contribution is 2.22. The molecular weight excluding hydrogens is 194 g/mol. The summed E-state index contributed by atoms with van der Waals surface area (Å²) in [6.07, 6.45) is 2.05. The summed E-state index contributed by atoms with van der Waals surface area (Å²) in [5, 5.41) is 18.5. The van der Waals surface area contributed by atoms with E-state index in [-0.39, 0.29) is 17.4 Å². The summed E-state index contributed by atoms with van der Waals surface area (Å²) in [5.41, 5.74) is 0.342. The van der Waals surface area contributed by atoms with Crippen molar-refractivity contribution in [3.8, 4) is 11.5 Å². The fourth-order valence-electron chi connectivity index (χ4n) is 1.82. The number of rotatable bonds is 1. The minimum absolute atomic E-state index is 0.0856. The highest BCUT2D eigenvalue weighted by molar-refractivity contribution is 5.95. The highest BCUT2D eigenvalue weighted by Gasteiger charge is 2.20. The fourth-order valence-corrected chi connectivity index (χ4v) is 1.82. The van der Waals surface area contributed by atoms with Crippen LogP contribution in [0.4, 0.5) is 0 Å². The number of phenolic OH excluding ortho intramolecular Hbond substituents is 2. The number of carbonyl (C=O) groups is 1. The van der Waals surface area contributed by atoms with Gasteiger partial charge in [0.1, 0.15) is 11.5 Å². The van der Waals surface area contributed by atoms with Crippen molar-refractivity contribution in [2.24, 2.45) is 0 Å². The number of nitrogens with zero attached hydrogens (tertiary/aromatic N) is 1. The third-order valence-corrected chi connectivity index (χ3v) is 2.54. The Balaban J connectivity index is 2.24. The molecule has 0 bridgehead atoms. The van der Waals surface area contributed by atoms with Gasteiger partial charge in [-0.25, -0.2) is 0 Å². The minimum Gasteiger partial charge on any atom is -0.508 e. The molecule has 1 saturated heterocycles. The first-order valence-corrected chi connectivity index (χ1v) is 4.99. The van der Waals surface area contributed by atoms with Gasteiger partial charge in [0, 0.05) is 24.7 Å². The lowest BCUT2D eigenvalue weighted by Gasteiger charge is -2.15. The number of benzene rings is 1. The monoisotopic (exact) mass is 207 g/mol. The Kier molecular flexibility index (Phi) is 2.49. The van der Waals surface area contributed by atoms with E-state index in [0.717, 1.165) is 25.9 Å². The standard InChI is InChI=1S/C11H13NO3/c13-9-5-8(6-10(14)7-9)11(15)12-3-1-2-4-12/h5-7,13-14H,1-4H2. The molecule has 15 heavy (non-hydrogen) atoms. The van der Waals surface area contributed by atoms with Gasteiger partial charge >= 0.3 is 0 Å². The Morgan fingerprint density at radius 2 is 1.60 bits per heavy atom. The molecule has 0 saturated carbocycles. The summed E-state index contributed by atoms with van der Waals surface area (Å²) >= 11 is 0. The van der Waals surface area contributed by atoms with E-state index in [1.165, 1.54) is 18.2 Å². The second-order valence-corrected chi connectivity index (χ2v) is 3.74. The van der Waals surface area contributed by atoms with Gasteiger partial charge < -0.3 is 15.1 Å². The first-order valence-electron chi connectivity index (χ1n) is 4.99. The molecule has 0 aliphatic carbocycles. The van der Waals surface area contributed by atoms with Crippen LogP contribution in [0.5, 0.6) is 11.5 Å². The van der Waals surface area contributed by atoms with Gasteiger partial charge in [-0.05, 0) is 25.0 Å². The number of phenols is 2. The SMILES string of the molecule is O=C(c1cc(O)cc(O)c1)N1CCCC1. The van der Waals surface area contributed by atoms with Crippen LogP contribution in [0.15, 0.2) is 18.2 Å². The van der Waals surface area contributed by atoms with Crippen molar-refractivity contribution in [1.29, 1.82) is 0 Å². The maximum atomic E-state index is 11.9. The lowest BCUT2D eigenvalue weighted by Crippen LogP contribution is -2.27. The summed E-state index contributed by atoms with van der Waals surface area (Å²) in [5.74, 6) is -0.297. The summed E-state index contributed by atoms with van der Waals surface area (Å²) in [6.45, 7) is 1.52. The molecule has 1 aliphatic rings. The molecule has 2 N–H and O–H groups in total. The molecule has 1 aliphatic heterocycles. The summed E-state index contributed by atoms with van der Waals surface area (Å²) in [7, 11) is 0. The van der Waals surface area contributed by atoms with Crippen LogP contribution in [-0.4, -0.2) is 34.1 Å². The Bertz CT molecular complexity index is 363. The van der Waals surface area contributed by atoms with Gasteiger partial charge in [0.05, 0.1) is 0 Å². The maximum absolute atomic E-state index is 11.9. The van der Waals surface area contributed by atoms with Gasteiger partial charge in [-0.1, -0.05) is 0 Å². The molecule has 1 aromatic carbocycles. The summed E-state index contributed by atoms with van der Waals surface area (Å²) in [4.78, 5) is 13.6. The minimum atomic E-state index is -0.126. The number of hydrogen-bond acceptors (Lipinski definition) is 3. The van der Waals surface area contributed by atoms with Crippen molar-refractivity contribution in [1.82, 2.24) is 4.90 Å². The molecule has 0 aromatic heterocycles. The van der Waals surface area contributed by atoms with Crippen LogP contribution in [0, 0.1) is 0 Å². The number of likely N-dealkylation sites (tertiary alicyclic amines) is 1. The molecule has 4 nitrogen and oxygen atoms in total. The number of amides is 1. The van der Waals surface area contributed by atoms with Crippen LogP contribution < -0.4 is 0 Å². The molecule has 4 heteroatoms. The van der Waals surface area contributed by atoms with Gasteiger partial charge in [0.25, 0.3) is 5.91 Å². The van der Waals surface area contributed by atoms with E-state index in [1.54, 1.807) is 4.90 Å². The smallest absolute Gasteiger partial charge is 0.254 e. The third kappa shape index (κ3) is 2.03. The van der Waals surface area contributed by atoms with Gasteiger partial charge in [0.2, 0.25) is 0 Å². The quantitative estimate of drug-likeness (QED) is 0.730. The summed E-state index contributed by atoms with van der Waals surface area (Å²) in [6, 6.07) is 3.96. The van der Waals surface area contributed by atoms with E-state index >= 15 is 0 Å². The van der Waals surface area contributed by atoms with Crippen LogP contribution in [0.3, 0.4) is 0 Å². The Morgan fingerprint density at radius 3 is 2.13 bits per heavy atom. The first kappa shape index (κ1) is 9.83. The van der Waals surface area contributed by atoms with E-state index in [4.69, 9.17) is 0 Å². The second kappa shape index (κ2) is 3.81. The molecule has 0 spiro atoms. The lowest BCUT2D eigenvalue weighted by molar-refractivity contribution is 0.0792. The van der Waals surface area contributed by atoms with E-state index in [2.05, 4.69) is 0 Å². The number of carbonyl (C=O) groups excluding carboxylic acids is 1. The van der Waals surface area contributed by atoms with Gasteiger partial charge in [-0.3, -0.25) is 4.79 Å². The van der Waals surface area contributed by atoms with Crippen molar-refractivity contribution in [3.05, 3.63) is 23.8 Å². The van der Waals surface area contributed by atoms with Gasteiger partial charge in [-0.15, -0.1) is 0 Å². The topological polar surface area (TPSA) is 60.8 Å². The molecule has 0 unspecified atom stereocenters. The molecular formula is C11H13NO3. The Morgan fingerprint density at radius 1 is 1.07 bits per heavy atom. The molecule has 1 amide bonds. The fraction of sp³-hybridized carbons (Fsp3) is 0.364. The molecule has 0 atom stereocenters. The first-order chi connectivity index (χ1) is 7.16. The largest absolute Gasteiger partial charge is 0.508 e. The lowest BCUT2D eigenvalue weighted by atomic mass is 10.2. The third-order valence-electron chi connectivity index (χ3n) is 2.54. The van der Waals surface area contributed by atoms with E-state index in [9.17, 15) is 15.0 Å². The van der Waals surface area contributed by atoms with Crippen molar-refractivity contribution in [2.75, 3.05) is 13.1 Å². The maximum Gasteiger partial charge on any atom is 0.254 e.